The highest BCUT2D eigenvalue weighted by atomic mass is 19.1. The molecule has 0 saturated heterocycles. The van der Waals surface area contributed by atoms with Gasteiger partial charge >= 0.3 is 0 Å². The Balaban J connectivity index is 2.61. The predicted molar refractivity (Wildman–Crippen MR) is 71.2 cm³/mol. The fraction of sp³-hybridized carbons (Fsp3) is 0.462. The highest BCUT2D eigenvalue weighted by Gasteiger charge is 2.11. The van der Waals surface area contributed by atoms with Gasteiger partial charge in [0.15, 0.2) is 17.5 Å². The van der Waals surface area contributed by atoms with Gasteiger partial charge < -0.3 is 15.7 Å². The first kappa shape index (κ1) is 14.3. The second-order valence-electron chi connectivity index (χ2n) is 5.09. The average molecular weight is 253 g/mol. The summed E-state index contributed by atoms with van der Waals surface area (Å²) in [6, 6.07) is 4.30. The third kappa shape index (κ3) is 4.61. The highest BCUT2D eigenvalue weighted by molar-refractivity contribution is 5.80. The number of rotatable bonds is 2. The van der Waals surface area contributed by atoms with Gasteiger partial charge in [0.2, 0.25) is 0 Å². The summed E-state index contributed by atoms with van der Waals surface area (Å²) in [5.41, 5.74) is 0.643. The molecule has 0 spiro atoms. The maximum absolute atomic E-state index is 13.1. The molecule has 1 aromatic rings. The lowest BCUT2D eigenvalue weighted by atomic mass is 10.1. The number of aromatic hydroxyl groups is 1. The van der Waals surface area contributed by atoms with Crippen molar-refractivity contribution in [2.75, 3.05) is 7.05 Å². The van der Waals surface area contributed by atoms with Crippen molar-refractivity contribution in [1.82, 2.24) is 10.6 Å². The molecule has 3 N–H and O–H groups in total. The molecule has 18 heavy (non-hydrogen) atoms. The van der Waals surface area contributed by atoms with Crippen LogP contribution in [0.2, 0.25) is 0 Å². The molecule has 0 atom stereocenters. The lowest BCUT2D eigenvalue weighted by molar-refractivity contribution is 0.431. The lowest BCUT2D eigenvalue weighted by Crippen LogP contribution is -2.47. The molecule has 1 rings (SSSR count). The molecule has 0 amide bonds. The molecule has 0 aromatic heterocycles. The number of guanidine groups is 1. The molecule has 0 saturated carbocycles. The van der Waals surface area contributed by atoms with Crippen molar-refractivity contribution in [3.05, 3.63) is 29.6 Å². The Hall–Kier alpha value is -1.78. The molecule has 0 radical (unpaired) electrons. The number of hydrogen-bond donors (Lipinski definition) is 3. The number of aliphatic imine (C=N–C) groups is 1. The van der Waals surface area contributed by atoms with E-state index in [2.05, 4.69) is 15.6 Å². The van der Waals surface area contributed by atoms with E-state index in [0.29, 0.717) is 12.5 Å². The van der Waals surface area contributed by atoms with Crippen LogP contribution in [0.1, 0.15) is 26.3 Å². The van der Waals surface area contributed by atoms with Crippen molar-refractivity contribution < 1.29 is 9.50 Å². The molecule has 5 heteroatoms. The Morgan fingerprint density at radius 1 is 1.39 bits per heavy atom. The molecule has 0 heterocycles. The summed E-state index contributed by atoms with van der Waals surface area (Å²) in [6.07, 6.45) is 0. The van der Waals surface area contributed by atoms with Gasteiger partial charge in [-0.2, -0.15) is 0 Å². The summed E-state index contributed by atoms with van der Waals surface area (Å²) in [7, 11) is 1.68. The molecule has 0 unspecified atom stereocenters. The van der Waals surface area contributed by atoms with Crippen molar-refractivity contribution >= 4 is 5.96 Å². The van der Waals surface area contributed by atoms with Crippen LogP contribution in [0.4, 0.5) is 4.39 Å². The fourth-order valence-corrected chi connectivity index (χ4v) is 1.38. The molecule has 1 aromatic carbocycles. The lowest BCUT2D eigenvalue weighted by Gasteiger charge is -2.23. The normalized spacial score (nSPS) is 12.4. The van der Waals surface area contributed by atoms with Crippen molar-refractivity contribution in [2.24, 2.45) is 4.99 Å². The molecule has 0 aliphatic rings. The first-order valence-corrected chi connectivity index (χ1v) is 5.78. The van der Waals surface area contributed by atoms with E-state index in [1.165, 1.54) is 12.1 Å². The summed E-state index contributed by atoms with van der Waals surface area (Å²) < 4.78 is 13.1. The van der Waals surface area contributed by atoms with Crippen LogP contribution in [-0.4, -0.2) is 23.7 Å². The third-order valence-corrected chi connectivity index (χ3v) is 2.19. The largest absolute Gasteiger partial charge is 0.505 e. The zero-order valence-corrected chi connectivity index (χ0v) is 11.2. The summed E-state index contributed by atoms with van der Waals surface area (Å²) in [4.78, 5) is 4.08. The second kappa shape index (κ2) is 5.71. The van der Waals surface area contributed by atoms with Gasteiger partial charge in [0, 0.05) is 19.1 Å². The maximum Gasteiger partial charge on any atom is 0.191 e. The number of halogens is 1. The van der Waals surface area contributed by atoms with E-state index >= 15 is 0 Å². The Morgan fingerprint density at radius 3 is 2.56 bits per heavy atom. The molecule has 0 bridgehead atoms. The van der Waals surface area contributed by atoms with Gasteiger partial charge in [-0.3, -0.25) is 4.99 Å². The summed E-state index contributed by atoms with van der Waals surface area (Å²) in [5, 5.41) is 15.4. The van der Waals surface area contributed by atoms with Crippen LogP contribution in [0.25, 0.3) is 0 Å². The number of nitrogens with zero attached hydrogens (tertiary/aromatic N) is 1. The summed E-state index contributed by atoms with van der Waals surface area (Å²) in [6.45, 7) is 6.52. The van der Waals surface area contributed by atoms with E-state index in [4.69, 9.17) is 5.11 Å². The number of benzene rings is 1. The Bertz CT molecular complexity index is 438. The number of phenolic OH excluding ortho intramolecular Hbond substituents is 1. The standard InChI is InChI=1S/C13H20FN3O/c1-13(2,3)17-12(15-4)16-8-9-5-6-11(18)10(14)7-9/h5-7,18H,8H2,1-4H3,(H2,15,16,17). The molecule has 0 aliphatic heterocycles. The van der Waals surface area contributed by atoms with Gasteiger partial charge in [0.25, 0.3) is 0 Å². The quantitative estimate of drug-likeness (QED) is 0.558. The monoisotopic (exact) mass is 253 g/mol. The minimum Gasteiger partial charge on any atom is -0.505 e. The van der Waals surface area contributed by atoms with E-state index < -0.39 is 5.82 Å². The van der Waals surface area contributed by atoms with Gasteiger partial charge in [0.1, 0.15) is 0 Å². The van der Waals surface area contributed by atoms with Crippen LogP contribution in [-0.2, 0) is 6.54 Å². The zero-order chi connectivity index (χ0) is 13.8. The fourth-order valence-electron chi connectivity index (χ4n) is 1.38. The minimum absolute atomic E-state index is 0.0952. The number of hydrogen-bond acceptors (Lipinski definition) is 2. The van der Waals surface area contributed by atoms with Crippen LogP contribution in [0.5, 0.6) is 5.75 Å². The number of nitrogens with one attached hydrogen (secondary N) is 2. The van der Waals surface area contributed by atoms with Crippen LogP contribution in [0, 0.1) is 5.82 Å². The predicted octanol–water partition coefficient (Wildman–Crippen LogP) is 1.99. The van der Waals surface area contributed by atoms with Gasteiger partial charge in [0.05, 0.1) is 0 Å². The molecule has 100 valence electrons. The Morgan fingerprint density at radius 2 is 2.06 bits per heavy atom. The Kier molecular flexibility index (Phi) is 4.53. The smallest absolute Gasteiger partial charge is 0.191 e. The van der Waals surface area contributed by atoms with Crippen LogP contribution in [0.15, 0.2) is 23.2 Å². The van der Waals surface area contributed by atoms with Crippen molar-refractivity contribution in [1.29, 1.82) is 0 Å². The third-order valence-electron chi connectivity index (χ3n) is 2.19. The number of phenols is 1. The molecule has 0 aliphatic carbocycles. The van der Waals surface area contributed by atoms with E-state index in [0.717, 1.165) is 5.56 Å². The molecule has 4 nitrogen and oxygen atoms in total. The SMILES string of the molecule is CN=C(NCc1ccc(O)c(F)c1)NC(C)(C)C. The first-order chi connectivity index (χ1) is 8.31. The van der Waals surface area contributed by atoms with E-state index in [1.807, 2.05) is 20.8 Å². The topological polar surface area (TPSA) is 56.7 Å². The average Bonchev–Trinajstić information content (AvgIpc) is 2.27. The molecular weight excluding hydrogens is 233 g/mol. The Labute approximate surface area is 107 Å². The highest BCUT2D eigenvalue weighted by Crippen LogP contribution is 2.15. The van der Waals surface area contributed by atoms with Gasteiger partial charge in [-0.05, 0) is 38.5 Å². The molecular formula is C13H20FN3O. The van der Waals surface area contributed by atoms with Crippen LogP contribution in [0.3, 0.4) is 0 Å². The maximum atomic E-state index is 13.1. The second-order valence-corrected chi connectivity index (χ2v) is 5.09. The van der Waals surface area contributed by atoms with Crippen molar-refractivity contribution in [3.63, 3.8) is 0 Å². The van der Waals surface area contributed by atoms with Crippen LogP contribution < -0.4 is 10.6 Å². The van der Waals surface area contributed by atoms with E-state index in [1.54, 1.807) is 13.1 Å². The molecule has 0 fully saturated rings. The van der Waals surface area contributed by atoms with Gasteiger partial charge in [-0.1, -0.05) is 6.07 Å². The van der Waals surface area contributed by atoms with E-state index in [9.17, 15) is 4.39 Å². The van der Waals surface area contributed by atoms with E-state index in [-0.39, 0.29) is 11.3 Å². The van der Waals surface area contributed by atoms with Crippen molar-refractivity contribution in [2.45, 2.75) is 32.9 Å². The van der Waals surface area contributed by atoms with Crippen LogP contribution >= 0.6 is 0 Å². The summed E-state index contributed by atoms with van der Waals surface area (Å²) in [5.74, 6) is -0.306. The van der Waals surface area contributed by atoms with Gasteiger partial charge in [-0.25, -0.2) is 4.39 Å². The van der Waals surface area contributed by atoms with Crippen molar-refractivity contribution in [3.8, 4) is 5.75 Å². The minimum atomic E-state index is -0.618. The van der Waals surface area contributed by atoms with Gasteiger partial charge in [-0.15, -0.1) is 0 Å². The zero-order valence-electron chi connectivity index (χ0n) is 11.2. The summed E-state index contributed by atoms with van der Waals surface area (Å²) >= 11 is 0. The first-order valence-electron chi connectivity index (χ1n) is 5.78.